The Morgan fingerprint density at radius 2 is 1.78 bits per heavy atom. The molecule has 2 amide bonds. The van der Waals surface area contributed by atoms with Crippen LogP contribution >= 0.6 is 0 Å². The summed E-state index contributed by atoms with van der Waals surface area (Å²) in [5.74, 6) is -0.888. The monoisotopic (exact) mass is 498 g/mol. The van der Waals surface area contributed by atoms with Crippen LogP contribution < -0.4 is 10.2 Å². The largest absolute Gasteiger partial charge is 0.388 e. The van der Waals surface area contributed by atoms with Crippen molar-refractivity contribution in [2.24, 2.45) is 5.41 Å². The van der Waals surface area contributed by atoms with Gasteiger partial charge in [-0.3, -0.25) is 19.3 Å². The standard InChI is InChI=1S/C27H38N4O5/c1-27(2,3)14-20(26(35)31-15-21(32)24-23(31)22(33)16-36-24)28-25(34)17-4-6-18(7-5-17)29-10-12-30(13-11-29)19-8-9-19/h4-7,19-21,23-24,32H,8-16H2,1-3H3,(H,28,34)/t20-,21-,23+,24+/m0/s1. The first kappa shape index (κ1) is 25.2. The Bertz CT molecular complexity index is 994. The van der Waals surface area contributed by atoms with E-state index in [1.54, 1.807) is 12.1 Å². The molecule has 5 rings (SSSR count). The average Bonchev–Trinajstić information content (AvgIpc) is 3.55. The second-order valence-electron chi connectivity index (χ2n) is 11.8. The lowest BCUT2D eigenvalue weighted by molar-refractivity contribution is -0.138. The number of hydrogen-bond donors (Lipinski definition) is 2. The van der Waals surface area contributed by atoms with Gasteiger partial charge in [-0.1, -0.05) is 20.8 Å². The number of aliphatic hydroxyl groups is 1. The Kier molecular flexibility index (Phi) is 6.82. The summed E-state index contributed by atoms with van der Waals surface area (Å²) in [5.41, 5.74) is 1.34. The molecule has 3 saturated heterocycles. The van der Waals surface area contributed by atoms with Crippen LogP contribution in [-0.4, -0.2) is 102 Å². The third-order valence-corrected chi connectivity index (χ3v) is 7.73. The number of fused-ring (bicyclic) bond motifs is 1. The molecular formula is C27H38N4O5. The van der Waals surface area contributed by atoms with E-state index in [0.29, 0.717) is 12.0 Å². The van der Waals surface area contributed by atoms with Crippen LogP contribution in [0.2, 0.25) is 0 Å². The smallest absolute Gasteiger partial charge is 0.251 e. The molecule has 196 valence electrons. The molecule has 3 aliphatic heterocycles. The highest BCUT2D eigenvalue weighted by Gasteiger charge is 2.53. The summed E-state index contributed by atoms with van der Waals surface area (Å²) in [6.45, 7) is 10.0. The second-order valence-corrected chi connectivity index (χ2v) is 11.8. The molecule has 1 aromatic rings. The van der Waals surface area contributed by atoms with E-state index in [1.165, 1.54) is 17.7 Å². The van der Waals surface area contributed by atoms with Gasteiger partial charge in [0.05, 0.1) is 6.54 Å². The lowest BCUT2D eigenvalue weighted by atomic mass is 9.87. The van der Waals surface area contributed by atoms with Crippen molar-refractivity contribution in [3.63, 3.8) is 0 Å². The minimum atomic E-state index is -0.907. The number of likely N-dealkylation sites (tertiary alicyclic amines) is 1. The van der Waals surface area contributed by atoms with Crippen molar-refractivity contribution in [1.82, 2.24) is 15.1 Å². The van der Waals surface area contributed by atoms with E-state index in [4.69, 9.17) is 4.74 Å². The van der Waals surface area contributed by atoms with Gasteiger partial charge in [-0.2, -0.15) is 0 Å². The van der Waals surface area contributed by atoms with E-state index in [-0.39, 0.29) is 36.2 Å². The maximum absolute atomic E-state index is 13.5. The van der Waals surface area contributed by atoms with Crippen molar-refractivity contribution in [1.29, 1.82) is 0 Å². The number of amides is 2. The summed E-state index contributed by atoms with van der Waals surface area (Å²) in [5, 5.41) is 13.2. The Morgan fingerprint density at radius 3 is 2.39 bits per heavy atom. The first-order valence-electron chi connectivity index (χ1n) is 13.1. The molecule has 3 heterocycles. The number of carbonyl (C=O) groups excluding carboxylic acids is 3. The minimum absolute atomic E-state index is 0.0269. The van der Waals surface area contributed by atoms with E-state index in [2.05, 4.69) is 15.1 Å². The number of carbonyl (C=O) groups is 3. The van der Waals surface area contributed by atoms with Gasteiger partial charge in [0.1, 0.15) is 30.9 Å². The predicted molar refractivity (Wildman–Crippen MR) is 135 cm³/mol. The van der Waals surface area contributed by atoms with E-state index in [0.717, 1.165) is 37.9 Å². The lowest BCUT2D eigenvalue weighted by Crippen LogP contribution is -2.53. The molecule has 0 radical (unpaired) electrons. The molecule has 4 atom stereocenters. The number of piperazine rings is 1. The molecule has 0 bridgehead atoms. The molecular weight excluding hydrogens is 460 g/mol. The van der Waals surface area contributed by atoms with Gasteiger partial charge in [0.15, 0.2) is 5.78 Å². The average molecular weight is 499 g/mol. The van der Waals surface area contributed by atoms with Gasteiger partial charge in [-0.25, -0.2) is 0 Å². The number of aliphatic hydroxyl groups excluding tert-OH is 1. The Hall–Kier alpha value is -2.49. The van der Waals surface area contributed by atoms with Gasteiger partial charge in [0.2, 0.25) is 5.91 Å². The Morgan fingerprint density at radius 1 is 1.11 bits per heavy atom. The third-order valence-electron chi connectivity index (χ3n) is 7.73. The van der Waals surface area contributed by atoms with Crippen molar-refractivity contribution in [2.45, 2.75) is 70.4 Å². The Balaban J connectivity index is 1.25. The number of Topliss-reactive ketones (excluding diaryl/α,β-unsaturated/α-hetero) is 1. The second kappa shape index (κ2) is 9.76. The van der Waals surface area contributed by atoms with Crippen LogP contribution in [0.5, 0.6) is 0 Å². The summed E-state index contributed by atoms with van der Waals surface area (Å²) < 4.78 is 5.41. The van der Waals surface area contributed by atoms with Crippen LogP contribution in [0.1, 0.15) is 50.4 Å². The number of β-amino-alcohol motifs (C(OH)–C–C–N with tert-alkyl or cyclic N) is 1. The highest BCUT2D eigenvalue weighted by atomic mass is 16.5. The van der Waals surface area contributed by atoms with Crippen LogP contribution in [0.4, 0.5) is 5.69 Å². The number of nitrogens with zero attached hydrogens (tertiary/aromatic N) is 3. The third kappa shape index (κ3) is 5.28. The van der Waals surface area contributed by atoms with Gasteiger partial charge < -0.3 is 25.0 Å². The Labute approximate surface area is 212 Å². The fraction of sp³-hybridized carbons (Fsp3) is 0.667. The quantitative estimate of drug-likeness (QED) is 0.604. The SMILES string of the molecule is CC(C)(C)C[C@H](NC(=O)c1ccc(N2CCN(C3CC3)CC2)cc1)C(=O)N1C[C@H](O)[C@H]2OCC(=O)[C@H]21. The summed E-state index contributed by atoms with van der Waals surface area (Å²) >= 11 is 0. The van der Waals surface area contributed by atoms with E-state index in [9.17, 15) is 19.5 Å². The van der Waals surface area contributed by atoms with Gasteiger partial charge in [0, 0.05) is 43.5 Å². The summed E-state index contributed by atoms with van der Waals surface area (Å²) in [4.78, 5) is 45.4. The van der Waals surface area contributed by atoms with Crippen LogP contribution in [0.3, 0.4) is 0 Å². The number of ketones is 1. The molecule has 2 N–H and O–H groups in total. The number of ether oxygens (including phenoxy) is 1. The zero-order chi connectivity index (χ0) is 25.6. The highest BCUT2D eigenvalue weighted by Crippen LogP contribution is 2.31. The van der Waals surface area contributed by atoms with Crippen molar-refractivity contribution in [3.05, 3.63) is 29.8 Å². The molecule has 0 unspecified atom stereocenters. The summed E-state index contributed by atoms with van der Waals surface area (Å²) in [7, 11) is 0. The molecule has 9 nitrogen and oxygen atoms in total. The molecule has 4 aliphatic rings. The van der Waals surface area contributed by atoms with Gasteiger partial charge in [-0.15, -0.1) is 0 Å². The topological polar surface area (TPSA) is 102 Å². The number of nitrogens with one attached hydrogen (secondary N) is 1. The maximum atomic E-state index is 13.5. The first-order valence-corrected chi connectivity index (χ1v) is 13.1. The van der Waals surface area contributed by atoms with Crippen molar-refractivity contribution < 1.29 is 24.2 Å². The van der Waals surface area contributed by atoms with Crippen LogP contribution in [0.15, 0.2) is 24.3 Å². The number of rotatable bonds is 6. The number of benzene rings is 1. The fourth-order valence-corrected chi connectivity index (χ4v) is 5.72. The molecule has 1 saturated carbocycles. The zero-order valence-electron chi connectivity index (χ0n) is 21.5. The summed E-state index contributed by atoms with van der Waals surface area (Å²) in [6.07, 6.45) is 1.46. The van der Waals surface area contributed by atoms with E-state index in [1.807, 2.05) is 32.9 Å². The van der Waals surface area contributed by atoms with E-state index < -0.39 is 24.3 Å². The van der Waals surface area contributed by atoms with Crippen molar-refractivity contribution in [3.8, 4) is 0 Å². The minimum Gasteiger partial charge on any atom is -0.388 e. The van der Waals surface area contributed by atoms with Crippen molar-refractivity contribution >= 4 is 23.3 Å². The number of anilines is 1. The molecule has 1 aromatic carbocycles. The number of hydrogen-bond acceptors (Lipinski definition) is 7. The lowest BCUT2D eigenvalue weighted by Gasteiger charge is -2.36. The first-order chi connectivity index (χ1) is 17.1. The molecule has 0 aromatic heterocycles. The zero-order valence-corrected chi connectivity index (χ0v) is 21.5. The maximum Gasteiger partial charge on any atom is 0.251 e. The van der Waals surface area contributed by atoms with Gasteiger partial charge in [-0.05, 0) is 48.9 Å². The predicted octanol–water partition coefficient (Wildman–Crippen LogP) is 1.05. The van der Waals surface area contributed by atoms with E-state index >= 15 is 0 Å². The van der Waals surface area contributed by atoms with Crippen LogP contribution in [0.25, 0.3) is 0 Å². The molecule has 4 fully saturated rings. The van der Waals surface area contributed by atoms with Crippen molar-refractivity contribution in [2.75, 3.05) is 44.2 Å². The van der Waals surface area contributed by atoms with Crippen LogP contribution in [-0.2, 0) is 14.3 Å². The molecule has 1 aliphatic carbocycles. The molecule has 36 heavy (non-hydrogen) atoms. The van der Waals surface area contributed by atoms with Gasteiger partial charge >= 0.3 is 0 Å². The van der Waals surface area contributed by atoms with Crippen LogP contribution in [0, 0.1) is 5.41 Å². The normalized spacial score (nSPS) is 27.8. The van der Waals surface area contributed by atoms with Gasteiger partial charge in [0.25, 0.3) is 5.91 Å². The summed E-state index contributed by atoms with van der Waals surface area (Å²) in [6, 6.07) is 6.74. The molecule has 9 heteroatoms. The highest BCUT2D eigenvalue weighted by molar-refractivity contribution is 5.99. The molecule has 0 spiro atoms. The fourth-order valence-electron chi connectivity index (χ4n) is 5.72.